The van der Waals surface area contributed by atoms with Gasteiger partial charge in [-0.2, -0.15) is 13.2 Å². The van der Waals surface area contributed by atoms with Gasteiger partial charge < -0.3 is 10.2 Å². The van der Waals surface area contributed by atoms with Crippen molar-refractivity contribution in [2.45, 2.75) is 30.3 Å². The highest BCUT2D eigenvalue weighted by molar-refractivity contribution is 8.00. The van der Waals surface area contributed by atoms with Gasteiger partial charge in [0.1, 0.15) is 0 Å². The van der Waals surface area contributed by atoms with Gasteiger partial charge in [-0.05, 0) is 45.1 Å². The molecular formula is C10H19F3N2S. The third-order valence-corrected chi connectivity index (χ3v) is 3.97. The lowest BCUT2D eigenvalue weighted by atomic mass is 9.75. The predicted molar refractivity (Wildman–Crippen MR) is 61.7 cm³/mol. The van der Waals surface area contributed by atoms with Gasteiger partial charge in [0.25, 0.3) is 0 Å². The Morgan fingerprint density at radius 1 is 1.31 bits per heavy atom. The van der Waals surface area contributed by atoms with Crippen molar-refractivity contribution in [1.29, 1.82) is 0 Å². The van der Waals surface area contributed by atoms with E-state index in [2.05, 4.69) is 10.2 Å². The van der Waals surface area contributed by atoms with Crippen LogP contribution in [0.1, 0.15) is 19.3 Å². The number of thioether (sulfide) groups is 1. The van der Waals surface area contributed by atoms with Crippen LogP contribution in [0.4, 0.5) is 13.2 Å². The molecular weight excluding hydrogens is 237 g/mol. The zero-order chi connectivity index (χ0) is 12.2. The molecule has 6 heteroatoms. The average molecular weight is 256 g/mol. The van der Waals surface area contributed by atoms with Crippen molar-refractivity contribution in [3.8, 4) is 0 Å². The highest BCUT2D eigenvalue weighted by Gasteiger charge is 2.38. The van der Waals surface area contributed by atoms with E-state index in [-0.39, 0.29) is 23.1 Å². The summed E-state index contributed by atoms with van der Waals surface area (Å²) in [4.78, 5) is 2.18. The minimum Gasteiger partial charge on any atom is -0.314 e. The molecule has 0 unspecified atom stereocenters. The molecule has 16 heavy (non-hydrogen) atoms. The Labute approximate surface area is 98.9 Å². The smallest absolute Gasteiger partial charge is 0.314 e. The Hall–Kier alpha value is 0.0600. The fourth-order valence-electron chi connectivity index (χ4n) is 1.93. The maximum absolute atomic E-state index is 11.8. The summed E-state index contributed by atoms with van der Waals surface area (Å²) in [5, 5.41) is 3.12. The lowest BCUT2D eigenvalue weighted by molar-refractivity contribution is -0.0327. The molecule has 1 aliphatic rings. The number of hydrogen-bond donors (Lipinski definition) is 1. The maximum Gasteiger partial charge on any atom is 0.441 e. The summed E-state index contributed by atoms with van der Waals surface area (Å²) in [6.45, 7) is 1.21. The molecule has 1 N–H and O–H groups in total. The summed E-state index contributed by atoms with van der Waals surface area (Å²) in [6.07, 6.45) is 3.50. The first-order valence-electron chi connectivity index (χ1n) is 5.45. The molecule has 0 bridgehead atoms. The van der Waals surface area contributed by atoms with Crippen LogP contribution in [0, 0.1) is 0 Å². The van der Waals surface area contributed by atoms with E-state index in [1.165, 1.54) is 6.42 Å². The number of likely N-dealkylation sites (N-methyl/N-ethyl adjacent to an activating group) is 1. The number of alkyl halides is 3. The Balaban J connectivity index is 2.11. The van der Waals surface area contributed by atoms with Crippen molar-refractivity contribution in [1.82, 2.24) is 10.2 Å². The number of nitrogens with one attached hydrogen (secondary N) is 1. The van der Waals surface area contributed by atoms with E-state index < -0.39 is 5.51 Å². The van der Waals surface area contributed by atoms with E-state index in [1.54, 1.807) is 0 Å². The van der Waals surface area contributed by atoms with Gasteiger partial charge in [-0.3, -0.25) is 0 Å². The first-order valence-corrected chi connectivity index (χ1v) is 6.43. The monoisotopic (exact) mass is 256 g/mol. The molecule has 0 heterocycles. The van der Waals surface area contributed by atoms with Crippen molar-refractivity contribution in [2.75, 3.05) is 32.9 Å². The van der Waals surface area contributed by atoms with Crippen molar-refractivity contribution in [3.05, 3.63) is 0 Å². The highest BCUT2D eigenvalue weighted by atomic mass is 32.2. The lowest BCUT2D eigenvalue weighted by Gasteiger charge is -2.47. The van der Waals surface area contributed by atoms with E-state index in [1.807, 2.05) is 14.1 Å². The Morgan fingerprint density at radius 3 is 2.31 bits per heavy atom. The summed E-state index contributed by atoms with van der Waals surface area (Å²) in [5.41, 5.74) is -3.92. The van der Waals surface area contributed by atoms with E-state index >= 15 is 0 Å². The van der Waals surface area contributed by atoms with Crippen molar-refractivity contribution >= 4 is 11.8 Å². The average Bonchev–Trinajstić information content (AvgIpc) is 2.05. The van der Waals surface area contributed by atoms with Gasteiger partial charge in [0.05, 0.1) is 0 Å². The number of rotatable bonds is 6. The van der Waals surface area contributed by atoms with Crippen LogP contribution in [0.15, 0.2) is 0 Å². The number of hydrogen-bond acceptors (Lipinski definition) is 3. The van der Waals surface area contributed by atoms with Crippen LogP contribution in [0.5, 0.6) is 0 Å². The molecule has 0 aromatic carbocycles. The minimum absolute atomic E-state index is 0.0421. The second-order valence-electron chi connectivity index (χ2n) is 4.44. The Bertz CT molecular complexity index is 215. The van der Waals surface area contributed by atoms with Crippen LogP contribution in [0.25, 0.3) is 0 Å². The molecule has 0 spiro atoms. The van der Waals surface area contributed by atoms with E-state index in [9.17, 15) is 13.2 Å². The molecule has 0 aromatic rings. The van der Waals surface area contributed by atoms with Gasteiger partial charge in [-0.1, -0.05) is 0 Å². The Morgan fingerprint density at radius 2 is 1.94 bits per heavy atom. The summed E-state index contributed by atoms with van der Waals surface area (Å²) < 4.78 is 35.5. The predicted octanol–water partition coefficient (Wildman–Crippen LogP) is 2.31. The quantitative estimate of drug-likeness (QED) is 0.734. The molecule has 0 aromatic heterocycles. The summed E-state index contributed by atoms with van der Waals surface area (Å²) in [5.74, 6) is 0.0903. The summed E-state index contributed by atoms with van der Waals surface area (Å²) in [6, 6.07) is 0. The zero-order valence-electron chi connectivity index (χ0n) is 9.73. The third kappa shape index (κ3) is 4.14. The van der Waals surface area contributed by atoms with Crippen LogP contribution in [0.2, 0.25) is 0 Å². The molecule has 1 fully saturated rings. The van der Waals surface area contributed by atoms with Gasteiger partial charge in [-0.15, -0.1) is 0 Å². The van der Waals surface area contributed by atoms with E-state index in [4.69, 9.17) is 0 Å². The first-order chi connectivity index (χ1) is 7.36. The number of nitrogens with zero attached hydrogens (tertiary/aromatic N) is 1. The molecule has 0 amide bonds. The maximum atomic E-state index is 11.8. The fraction of sp³-hybridized carbons (Fsp3) is 1.00. The van der Waals surface area contributed by atoms with Gasteiger partial charge in [0, 0.05) is 24.4 Å². The summed E-state index contributed by atoms with van der Waals surface area (Å²) in [7, 11) is 4.07. The SMILES string of the molecule is CN(C)C1(CNCCSC(F)(F)F)CCC1. The zero-order valence-corrected chi connectivity index (χ0v) is 10.5. The lowest BCUT2D eigenvalue weighted by Crippen LogP contribution is -2.56. The summed E-state index contributed by atoms with van der Waals surface area (Å²) >= 11 is 0.0421. The van der Waals surface area contributed by atoms with Crippen LogP contribution in [-0.4, -0.2) is 48.9 Å². The third-order valence-electron chi connectivity index (χ3n) is 3.23. The van der Waals surface area contributed by atoms with Crippen LogP contribution in [-0.2, 0) is 0 Å². The molecule has 96 valence electrons. The Kier molecular flexibility index (Phi) is 4.94. The fourth-order valence-corrected chi connectivity index (χ4v) is 2.40. The molecule has 1 aliphatic carbocycles. The standard InChI is InChI=1S/C10H19F3N2S/c1-15(2)9(4-3-5-9)8-14-6-7-16-10(11,12)13/h14H,3-8H2,1-2H3. The van der Waals surface area contributed by atoms with Crippen molar-refractivity contribution in [2.24, 2.45) is 0 Å². The molecule has 2 nitrogen and oxygen atoms in total. The van der Waals surface area contributed by atoms with Crippen LogP contribution < -0.4 is 5.32 Å². The molecule has 0 aliphatic heterocycles. The van der Waals surface area contributed by atoms with Gasteiger partial charge >= 0.3 is 5.51 Å². The van der Waals surface area contributed by atoms with Crippen molar-refractivity contribution < 1.29 is 13.2 Å². The molecule has 0 saturated heterocycles. The topological polar surface area (TPSA) is 15.3 Å². The van der Waals surface area contributed by atoms with Crippen molar-refractivity contribution in [3.63, 3.8) is 0 Å². The van der Waals surface area contributed by atoms with E-state index in [0.29, 0.717) is 6.54 Å². The van der Waals surface area contributed by atoms with Crippen LogP contribution >= 0.6 is 11.8 Å². The molecule has 1 rings (SSSR count). The van der Waals surface area contributed by atoms with E-state index in [0.717, 1.165) is 19.4 Å². The normalized spacial score (nSPS) is 19.9. The molecule has 0 radical (unpaired) electrons. The molecule has 1 saturated carbocycles. The highest BCUT2D eigenvalue weighted by Crippen LogP contribution is 2.35. The first kappa shape index (κ1) is 14.1. The van der Waals surface area contributed by atoms with Gasteiger partial charge in [0.15, 0.2) is 0 Å². The van der Waals surface area contributed by atoms with Crippen LogP contribution in [0.3, 0.4) is 0 Å². The minimum atomic E-state index is -4.10. The van der Waals surface area contributed by atoms with Gasteiger partial charge in [-0.25, -0.2) is 0 Å². The van der Waals surface area contributed by atoms with Gasteiger partial charge in [0.2, 0.25) is 0 Å². The largest absolute Gasteiger partial charge is 0.441 e. The number of halogens is 3. The molecule has 0 atom stereocenters. The second-order valence-corrected chi connectivity index (χ2v) is 5.60. The second kappa shape index (κ2) is 5.60.